The molecule has 1 heterocycles. The summed E-state index contributed by atoms with van der Waals surface area (Å²) >= 11 is 0. The molecule has 4 heteroatoms. The topological polar surface area (TPSA) is 55.6 Å². The minimum Gasteiger partial charge on any atom is -0.372 e. The van der Waals surface area contributed by atoms with E-state index < -0.39 is 0 Å². The summed E-state index contributed by atoms with van der Waals surface area (Å²) in [6, 6.07) is 0.141. The summed E-state index contributed by atoms with van der Waals surface area (Å²) in [6.45, 7) is 3.46. The van der Waals surface area contributed by atoms with Crippen molar-refractivity contribution >= 4 is 5.91 Å². The molecule has 1 amide bonds. The van der Waals surface area contributed by atoms with Crippen LogP contribution in [-0.2, 0) is 9.53 Å². The molecule has 2 N–H and O–H groups in total. The van der Waals surface area contributed by atoms with Gasteiger partial charge < -0.3 is 15.4 Å². The van der Waals surface area contributed by atoms with Crippen LogP contribution in [0.2, 0.25) is 0 Å². The first-order valence-electron chi connectivity index (χ1n) is 5.26. The molecule has 1 aliphatic heterocycles. The van der Waals surface area contributed by atoms with Crippen molar-refractivity contribution in [3.63, 3.8) is 0 Å². The average Bonchev–Trinajstić information content (AvgIpc) is 2.19. The van der Waals surface area contributed by atoms with Crippen LogP contribution in [0.3, 0.4) is 0 Å². The van der Waals surface area contributed by atoms with Gasteiger partial charge in [-0.25, -0.2) is 0 Å². The summed E-state index contributed by atoms with van der Waals surface area (Å²) in [5.41, 5.74) is 5.81. The van der Waals surface area contributed by atoms with Crippen molar-refractivity contribution in [2.45, 2.75) is 38.3 Å². The number of piperidine rings is 1. The zero-order valence-electron chi connectivity index (χ0n) is 9.03. The summed E-state index contributed by atoms with van der Waals surface area (Å²) in [6.07, 6.45) is 2.46. The van der Waals surface area contributed by atoms with Gasteiger partial charge in [0.25, 0.3) is 5.91 Å². The highest BCUT2D eigenvalue weighted by atomic mass is 16.5. The number of hydrogen-bond donors (Lipinski definition) is 1. The fraction of sp³-hybridized carbons (Fsp3) is 0.900. The number of nitrogens with zero attached hydrogens (tertiary/aromatic N) is 1. The average molecular weight is 200 g/mol. The molecule has 0 bridgehead atoms. The highest BCUT2D eigenvalue weighted by molar-refractivity contribution is 5.81. The van der Waals surface area contributed by atoms with E-state index in [-0.39, 0.29) is 18.1 Å². The van der Waals surface area contributed by atoms with E-state index in [4.69, 9.17) is 10.5 Å². The Bertz CT molecular complexity index is 193. The molecule has 0 radical (unpaired) electrons. The maximum Gasteiger partial charge on any atom is 0.251 e. The molecule has 14 heavy (non-hydrogen) atoms. The van der Waals surface area contributed by atoms with Crippen LogP contribution in [0, 0.1) is 0 Å². The molecule has 0 aliphatic carbocycles. The molecule has 0 aromatic rings. The molecule has 2 atom stereocenters. The molecule has 4 nitrogen and oxygen atoms in total. The smallest absolute Gasteiger partial charge is 0.251 e. The predicted molar refractivity (Wildman–Crippen MR) is 54.9 cm³/mol. The van der Waals surface area contributed by atoms with Gasteiger partial charge in [-0.05, 0) is 19.3 Å². The largest absolute Gasteiger partial charge is 0.372 e. The highest BCUT2D eigenvalue weighted by Gasteiger charge is 2.26. The van der Waals surface area contributed by atoms with Crippen molar-refractivity contribution in [2.75, 3.05) is 20.2 Å². The highest BCUT2D eigenvalue weighted by Crippen LogP contribution is 2.11. The Hall–Kier alpha value is -0.610. The van der Waals surface area contributed by atoms with Gasteiger partial charge in [0, 0.05) is 26.2 Å². The van der Waals surface area contributed by atoms with Crippen molar-refractivity contribution in [1.82, 2.24) is 4.90 Å². The van der Waals surface area contributed by atoms with E-state index in [1.165, 1.54) is 0 Å². The lowest BCUT2D eigenvalue weighted by Gasteiger charge is -2.32. The first-order chi connectivity index (χ1) is 6.69. The quantitative estimate of drug-likeness (QED) is 0.715. The number of hydrogen-bond acceptors (Lipinski definition) is 3. The fourth-order valence-corrected chi connectivity index (χ4v) is 1.86. The number of carbonyl (C=O) groups excluding carboxylic acids is 1. The normalized spacial score (nSPS) is 24.8. The third-order valence-corrected chi connectivity index (χ3v) is 2.70. The Morgan fingerprint density at radius 3 is 2.93 bits per heavy atom. The van der Waals surface area contributed by atoms with E-state index in [2.05, 4.69) is 0 Å². The standard InChI is InChI=1S/C10H20N2O2/c1-3-9(14-2)10(13)12-6-4-5-8(11)7-12/h8-9H,3-7,11H2,1-2H3. The molecule has 0 spiro atoms. The second-order valence-corrected chi connectivity index (χ2v) is 3.82. The van der Waals surface area contributed by atoms with E-state index in [1.807, 2.05) is 11.8 Å². The summed E-state index contributed by atoms with van der Waals surface area (Å²) in [7, 11) is 1.58. The lowest BCUT2D eigenvalue weighted by molar-refractivity contribution is -0.143. The van der Waals surface area contributed by atoms with E-state index in [1.54, 1.807) is 7.11 Å². The van der Waals surface area contributed by atoms with Crippen LogP contribution in [0.1, 0.15) is 26.2 Å². The van der Waals surface area contributed by atoms with Crippen molar-refractivity contribution < 1.29 is 9.53 Å². The van der Waals surface area contributed by atoms with Crippen LogP contribution in [0.4, 0.5) is 0 Å². The molecular weight excluding hydrogens is 180 g/mol. The van der Waals surface area contributed by atoms with Crippen LogP contribution in [0.25, 0.3) is 0 Å². The summed E-state index contributed by atoms with van der Waals surface area (Å²) in [5, 5.41) is 0. The molecule has 82 valence electrons. The number of nitrogens with two attached hydrogens (primary N) is 1. The van der Waals surface area contributed by atoms with Crippen LogP contribution < -0.4 is 5.73 Å². The Labute approximate surface area is 85.4 Å². The molecule has 1 saturated heterocycles. The third-order valence-electron chi connectivity index (χ3n) is 2.70. The van der Waals surface area contributed by atoms with E-state index >= 15 is 0 Å². The number of rotatable bonds is 3. The minimum absolute atomic E-state index is 0.0881. The summed E-state index contributed by atoms with van der Waals surface area (Å²) in [5.74, 6) is 0.0881. The SMILES string of the molecule is CCC(OC)C(=O)N1CCCC(N)C1. The van der Waals surface area contributed by atoms with Crippen LogP contribution >= 0.6 is 0 Å². The Morgan fingerprint density at radius 1 is 1.71 bits per heavy atom. The van der Waals surface area contributed by atoms with Gasteiger partial charge in [-0.1, -0.05) is 6.92 Å². The van der Waals surface area contributed by atoms with Crippen molar-refractivity contribution in [3.8, 4) is 0 Å². The zero-order chi connectivity index (χ0) is 10.6. The van der Waals surface area contributed by atoms with Crippen LogP contribution in [-0.4, -0.2) is 43.2 Å². The van der Waals surface area contributed by atoms with Crippen molar-refractivity contribution in [3.05, 3.63) is 0 Å². The first-order valence-corrected chi connectivity index (χ1v) is 5.26. The van der Waals surface area contributed by atoms with Crippen LogP contribution in [0.15, 0.2) is 0 Å². The van der Waals surface area contributed by atoms with Crippen LogP contribution in [0.5, 0.6) is 0 Å². The molecule has 0 saturated carbocycles. The Morgan fingerprint density at radius 2 is 2.43 bits per heavy atom. The van der Waals surface area contributed by atoms with Gasteiger partial charge in [0.15, 0.2) is 0 Å². The van der Waals surface area contributed by atoms with Gasteiger partial charge in [-0.3, -0.25) is 4.79 Å². The number of amides is 1. The van der Waals surface area contributed by atoms with Crippen molar-refractivity contribution in [2.24, 2.45) is 5.73 Å². The molecule has 0 aromatic carbocycles. The molecule has 1 rings (SSSR count). The van der Waals surface area contributed by atoms with Gasteiger partial charge in [0.05, 0.1) is 0 Å². The first kappa shape index (κ1) is 11.5. The van der Waals surface area contributed by atoms with Gasteiger partial charge in [-0.2, -0.15) is 0 Å². The number of carbonyl (C=O) groups is 1. The maximum atomic E-state index is 11.9. The van der Waals surface area contributed by atoms with E-state index in [0.29, 0.717) is 6.54 Å². The second-order valence-electron chi connectivity index (χ2n) is 3.82. The Balaban J connectivity index is 2.50. The van der Waals surface area contributed by atoms with Gasteiger partial charge >= 0.3 is 0 Å². The van der Waals surface area contributed by atoms with Gasteiger partial charge in [0.1, 0.15) is 6.10 Å². The summed E-state index contributed by atoms with van der Waals surface area (Å²) < 4.78 is 5.12. The minimum atomic E-state index is -0.291. The maximum absolute atomic E-state index is 11.9. The van der Waals surface area contributed by atoms with E-state index in [0.717, 1.165) is 25.8 Å². The second kappa shape index (κ2) is 5.32. The zero-order valence-corrected chi connectivity index (χ0v) is 9.03. The Kier molecular flexibility index (Phi) is 4.35. The molecule has 1 aliphatic rings. The number of ether oxygens (including phenoxy) is 1. The van der Waals surface area contributed by atoms with Gasteiger partial charge in [0.2, 0.25) is 0 Å². The number of likely N-dealkylation sites (tertiary alicyclic amines) is 1. The fourth-order valence-electron chi connectivity index (χ4n) is 1.86. The third kappa shape index (κ3) is 2.69. The van der Waals surface area contributed by atoms with Gasteiger partial charge in [-0.15, -0.1) is 0 Å². The molecular formula is C10H20N2O2. The predicted octanol–water partition coefficient (Wildman–Crippen LogP) is 0.361. The van der Waals surface area contributed by atoms with Crippen molar-refractivity contribution in [1.29, 1.82) is 0 Å². The van der Waals surface area contributed by atoms with E-state index in [9.17, 15) is 4.79 Å². The molecule has 1 fully saturated rings. The lowest BCUT2D eigenvalue weighted by atomic mass is 10.1. The monoisotopic (exact) mass is 200 g/mol. The molecule has 0 aromatic heterocycles. The number of methoxy groups -OCH3 is 1. The molecule has 2 unspecified atom stereocenters. The summed E-state index contributed by atoms with van der Waals surface area (Å²) in [4.78, 5) is 13.7. The lowest BCUT2D eigenvalue weighted by Crippen LogP contribution is -2.49.